The van der Waals surface area contributed by atoms with Gasteiger partial charge in [0.15, 0.2) is 11.6 Å². The quantitative estimate of drug-likeness (QED) is 0.449. The minimum Gasteiger partial charge on any atom is -0.486 e. The van der Waals surface area contributed by atoms with E-state index >= 15 is 4.39 Å². The molecule has 1 aliphatic heterocycles. The second-order valence-corrected chi connectivity index (χ2v) is 7.58. The molecule has 1 aromatic carbocycles. The molecule has 9 heteroatoms. The number of ether oxygens (including phenoxy) is 2. The standard InChI is InChI=1S/C24H20F2N4O3/c25-18-4-5-19(33-14-15-3-6-20(28-12-15)30-8-10-32-11-9-30)22(26)21(18)23(31)17-13-29-24-16(17)2-1-7-27-24/h1-7,12-13H,8-11,14H2,(H,27,29). The monoisotopic (exact) mass is 450 g/mol. The maximum absolute atomic E-state index is 15.1. The van der Waals surface area contributed by atoms with E-state index < -0.39 is 23.0 Å². The minimum absolute atomic E-state index is 0.0174. The lowest BCUT2D eigenvalue weighted by molar-refractivity contribution is 0.103. The molecule has 0 atom stereocenters. The summed E-state index contributed by atoms with van der Waals surface area (Å²) >= 11 is 0. The molecule has 0 radical (unpaired) electrons. The Morgan fingerprint density at radius 2 is 1.97 bits per heavy atom. The third kappa shape index (κ3) is 4.14. The van der Waals surface area contributed by atoms with E-state index in [1.807, 2.05) is 12.1 Å². The summed E-state index contributed by atoms with van der Waals surface area (Å²) in [6.07, 6.45) is 4.61. The van der Waals surface area contributed by atoms with E-state index in [0.29, 0.717) is 29.8 Å². The van der Waals surface area contributed by atoms with E-state index in [9.17, 15) is 9.18 Å². The Hall–Kier alpha value is -3.85. The summed E-state index contributed by atoms with van der Waals surface area (Å²) in [4.78, 5) is 26.5. The Morgan fingerprint density at radius 1 is 1.12 bits per heavy atom. The third-order valence-corrected chi connectivity index (χ3v) is 5.52. The van der Waals surface area contributed by atoms with E-state index in [2.05, 4.69) is 19.9 Å². The first-order valence-electron chi connectivity index (χ1n) is 10.5. The Bertz CT molecular complexity index is 1300. The first-order chi connectivity index (χ1) is 16.1. The number of hydrogen-bond acceptors (Lipinski definition) is 6. The molecule has 0 spiro atoms. The van der Waals surface area contributed by atoms with Crippen LogP contribution in [-0.2, 0) is 11.3 Å². The number of pyridine rings is 2. The number of ketones is 1. The van der Waals surface area contributed by atoms with Crippen LogP contribution in [0.5, 0.6) is 5.75 Å². The van der Waals surface area contributed by atoms with Gasteiger partial charge in [0.1, 0.15) is 23.9 Å². The zero-order valence-electron chi connectivity index (χ0n) is 17.6. The summed E-state index contributed by atoms with van der Waals surface area (Å²) in [7, 11) is 0. The van der Waals surface area contributed by atoms with Gasteiger partial charge in [-0.25, -0.2) is 18.7 Å². The van der Waals surface area contributed by atoms with Crippen LogP contribution in [0.4, 0.5) is 14.6 Å². The van der Waals surface area contributed by atoms with Crippen molar-refractivity contribution in [3.8, 4) is 5.75 Å². The number of nitrogens with one attached hydrogen (secondary N) is 1. The summed E-state index contributed by atoms with van der Waals surface area (Å²) < 4.78 is 40.5. The zero-order valence-corrected chi connectivity index (χ0v) is 17.6. The van der Waals surface area contributed by atoms with Gasteiger partial charge >= 0.3 is 0 Å². The number of morpholine rings is 1. The summed E-state index contributed by atoms with van der Waals surface area (Å²) in [5, 5.41) is 0.485. The SMILES string of the molecule is O=C(c1c(F)ccc(OCc2ccc(N3CCOCC3)nc2)c1F)c1c[nH]c2ncccc12. The van der Waals surface area contributed by atoms with Crippen molar-refractivity contribution in [2.45, 2.75) is 6.61 Å². The predicted molar refractivity (Wildman–Crippen MR) is 117 cm³/mol. The van der Waals surface area contributed by atoms with Crippen molar-refractivity contribution in [2.75, 3.05) is 31.2 Å². The number of anilines is 1. The van der Waals surface area contributed by atoms with Crippen LogP contribution in [0.2, 0.25) is 0 Å². The normalized spacial score (nSPS) is 13.9. The molecule has 3 aromatic heterocycles. The van der Waals surface area contributed by atoms with Gasteiger partial charge in [-0.1, -0.05) is 6.07 Å². The van der Waals surface area contributed by atoms with Gasteiger partial charge in [0.05, 0.1) is 18.8 Å². The fraction of sp³-hybridized carbons (Fsp3) is 0.208. The highest BCUT2D eigenvalue weighted by atomic mass is 19.1. The van der Waals surface area contributed by atoms with Crippen LogP contribution in [0.25, 0.3) is 11.0 Å². The lowest BCUT2D eigenvalue weighted by Crippen LogP contribution is -2.36. The van der Waals surface area contributed by atoms with Gasteiger partial charge < -0.3 is 19.4 Å². The smallest absolute Gasteiger partial charge is 0.201 e. The van der Waals surface area contributed by atoms with Crippen molar-refractivity contribution in [3.05, 3.63) is 83.3 Å². The summed E-state index contributed by atoms with van der Waals surface area (Å²) in [5.41, 5.74) is 0.641. The number of aromatic amines is 1. The largest absolute Gasteiger partial charge is 0.486 e. The highest BCUT2D eigenvalue weighted by Crippen LogP contribution is 2.28. The van der Waals surface area contributed by atoms with Crippen molar-refractivity contribution in [1.29, 1.82) is 0 Å². The fourth-order valence-electron chi connectivity index (χ4n) is 3.77. The second-order valence-electron chi connectivity index (χ2n) is 7.58. The molecule has 0 aliphatic carbocycles. The Balaban J connectivity index is 1.35. The predicted octanol–water partition coefficient (Wildman–Crippen LogP) is 3.88. The lowest BCUT2D eigenvalue weighted by Gasteiger charge is -2.27. The van der Waals surface area contributed by atoms with Crippen molar-refractivity contribution < 1.29 is 23.0 Å². The summed E-state index contributed by atoms with van der Waals surface area (Å²) in [6, 6.07) is 9.22. The number of benzene rings is 1. The van der Waals surface area contributed by atoms with Crippen LogP contribution in [0, 0.1) is 11.6 Å². The average Bonchev–Trinajstić information content (AvgIpc) is 3.29. The van der Waals surface area contributed by atoms with Crippen molar-refractivity contribution in [2.24, 2.45) is 0 Å². The lowest BCUT2D eigenvalue weighted by atomic mass is 10.0. The van der Waals surface area contributed by atoms with Crippen LogP contribution < -0.4 is 9.64 Å². The number of fused-ring (bicyclic) bond motifs is 1. The molecule has 168 valence electrons. The molecule has 1 aliphatic rings. The topological polar surface area (TPSA) is 80.3 Å². The number of nitrogens with zero attached hydrogens (tertiary/aromatic N) is 3. The van der Waals surface area contributed by atoms with E-state index in [-0.39, 0.29) is 17.9 Å². The van der Waals surface area contributed by atoms with Crippen LogP contribution in [0.1, 0.15) is 21.5 Å². The highest BCUT2D eigenvalue weighted by molar-refractivity contribution is 6.16. The molecule has 1 fully saturated rings. The van der Waals surface area contributed by atoms with Gasteiger partial charge in [0.25, 0.3) is 0 Å². The number of carbonyl (C=O) groups is 1. The van der Waals surface area contributed by atoms with Crippen LogP contribution in [0.15, 0.2) is 55.0 Å². The number of aromatic nitrogens is 3. The maximum atomic E-state index is 15.1. The molecule has 4 heterocycles. The van der Waals surface area contributed by atoms with E-state index in [1.54, 1.807) is 24.5 Å². The van der Waals surface area contributed by atoms with Crippen molar-refractivity contribution >= 4 is 22.6 Å². The highest BCUT2D eigenvalue weighted by Gasteiger charge is 2.25. The van der Waals surface area contributed by atoms with Crippen LogP contribution in [-0.4, -0.2) is 47.0 Å². The number of rotatable bonds is 6. The van der Waals surface area contributed by atoms with Gasteiger partial charge in [-0.2, -0.15) is 0 Å². The third-order valence-electron chi connectivity index (χ3n) is 5.52. The Morgan fingerprint density at radius 3 is 2.76 bits per heavy atom. The maximum Gasteiger partial charge on any atom is 0.201 e. The van der Waals surface area contributed by atoms with Crippen LogP contribution in [0.3, 0.4) is 0 Å². The molecule has 33 heavy (non-hydrogen) atoms. The van der Waals surface area contributed by atoms with Crippen LogP contribution >= 0.6 is 0 Å². The minimum atomic E-state index is -1.05. The van der Waals surface area contributed by atoms with Crippen molar-refractivity contribution in [3.63, 3.8) is 0 Å². The second kappa shape index (κ2) is 8.95. The fourth-order valence-corrected chi connectivity index (χ4v) is 3.77. The molecule has 1 saturated heterocycles. The van der Waals surface area contributed by atoms with E-state index in [4.69, 9.17) is 9.47 Å². The molecule has 0 bridgehead atoms. The van der Waals surface area contributed by atoms with Gasteiger partial charge in [0, 0.05) is 48.2 Å². The Labute approximate surface area is 188 Å². The van der Waals surface area contributed by atoms with Gasteiger partial charge in [-0.05, 0) is 30.3 Å². The Kier molecular flexibility index (Phi) is 5.70. The van der Waals surface area contributed by atoms with Gasteiger partial charge in [-0.15, -0.1) is 0 Å². The average molecular weight is 450 g/mol. The number of H-pyrrole nitrogens is 1. The molecule has 7 nitrogen and oxygen atoms in total. The first-order valence-corrected chi connectivity index (χ1v) is 10.5. The first kappa shape index (κ1) is 21.0. The molecule has 0 saturated carbocycles. The number of carbonyl (C=O) groups excluding carboxylic acids is 1. The van der Waals surface area contributed by atoms with Crippen molar-refractivity contribution in [1.82, 2.24) is 15.0 Å². The summed E-state index contributed by atoms with van der Waals surface area (Å²) in [6.45, 7) is 2.88. The number of halogens is 2. The molecular formula is C24H20F2N4O3. The molecule has 0 unspecified atom stereocenters. The zero-order chi connectivity index (χ0) is 22.8. The molecule has 0 amide bonds. The molecular weight excluding hydrogens is 430 g/mol. The van der Waals surface area contributed by atoms with Gasteiger partial charge in [0.2, 0.25) is 5.78 Å². The van der Waals surface area contributed by atoms with E-state index in [0.717, 1.165) is 25.0 Å². The molecule has 4 aromatic rings. The molecule has 5 rings (SSSR count). The molecule has 1 N–H and O–H groups in total. The van der Waals surface area contributed by atoms with E-state index in [1.165, 1.54) is 12.3 Å². The number of hydrogen-bond donors (Lipinski definition) is 1. The summed E-state index contributed by atoms with van der Waals surface area (Å²) in [5.74, 6) is -2.17. The van der Waals surface area contributed by atoms with Gasteiger partial charge in [-0.3, -0.25) is 4.79 Å².